The molecule has 3 heteroatoms. The molecule has 1 heterocycles. The minimum atomic E-state index is 0.297. The normalized spacial score (nSPS) is 17.0. The molecule has 0 aliphatic carbocycles. The van der Waals surface area contributed by atoms with Crippen molar-refractivity contribution in [2.75, 3.05) is 18.8 Å². The van der Waals surface area contributed by atoms with Crippen molar-refractivity contribution in [1.29, 1.82) is 0 Å². The van der Waals surface area contributed by atoms with E-state index in [0.29, 0.717) is 11.7 Å². The summed E-state index contributed by atoms with van der Waals surface area (Å²) < 4.78 is 0. The van der Waals surface area contributed by atoms with Crippen molar-refractivity contribution in [2.45, 2.75) is 37.0 Å². The van der Waals surface area contributed by atoms with Crippen molar-refractivity contribution in [1.82, 2.24) is 4.90 Å². The number of rotatable bonds is 3. The van der Waals surface area contributed by atoms with Crippen LogP contribution in [0.2, 0.25) is 0 Å². The maximum Gasteiger partial charge on any atom is 0.232 e. The first-order valence-corrected chi connectivity index (χ1v) is 7.80. The minimum absolute atomic E-state index is 0.297. The van der Waals surface area contributed by atoms with E-state index >= 15 is 0 Å². The van der Waals surface area contributed by atoms with Crippen molar-refractivity contribution >= 4 is 17.7 Å². The molecule has 0 spiro atoms. The molecule has 1 aromatic rings. The molecular weight excluding hydrogens is 242 g/mol. The molecule has 2 rings (SSSR count). The number of thioether (sulfide) groups is 1. The molecule has 1 aliphatic rings. The minimum Gasteiger partial charge on any atom is -0.342 e. The Morgan fingerprint density at radius 3 is 2.28 bits per heavy atom. The second kappa shape index (κ2) is 7.47. The van der Waals surface area contributed by atoms with Crippen molar-refractivity contribution in [3.8, 4) is 0 Å². The van der Waals surface area contributed by atoms with E-state index < -0.39 is 0 Å². The van der Waals surface area contributed by atoms with Gasteiger partial charge in [-0.2, -0.15) is 0 Å². The number of nitrogens with zero attached hydrogens (tertiary/aromatic N) is 1. The van der Waals surface area contributed by atoms with E-state index in [1.165, 1.54) is 37.0 Å². The lowest BCUT2D eigenvalue weighted by Crippen LogP contribution is -2.35. The predicted octanol–water partition coefficient (Wildman–Crippen LogP) is 3.57. The fourth-order valence-corrected chi connectivity index (χ4v) is 3.07. The van der Waals surface area contributed by atoms with E-state index in [0.717, 1.165) is 13.1 Å². The van der Waals surface area contributed by atoms with Crippen LogP contribution in [-0.2, 0) is 4.79 Å². The first kappa shape index (κ1) is 13.5. The largest absolute Gasteiger partial charge is 0.342 e. The second-order valence-corrected chi connectivity index (χ2v) is 5.80. The van der Waals surface area contributed by atoms with Crippen LogP contribution in [0.3, 0.4) is 0 Å². The Kier molecular flexibility index (Phi) is 5.59. The number of carbonyl (C=O) groups excluding carboxylic acids is 1. The third-order valence-electron chi connectivity index (χ3n) is 3.31. The highest BCUT2D eigenvalue weighted by Gasteiger charge is 2.14. The average molecular weight is 263 g/mol. The molecule has 0 N–H and O–H groups in total. The standard InChI is InChI=1S/C15H21NOS/c17-15(13-18-14-9-5-4-6-10-14)16-11-7-2-1-3-8-12-16/h4-6,9-10H,1-3,7-8,11-13H2. The molecule has 0 radical (unpaired) electrons. The van der Waals surface area contributed by atoms with Gasteiger partial charge in [0.1, 0.15) is 0 Å². The molecule has 0 unspecified atom stereocenters. The topological polar surface area (TPSA) is 20.3 Å². The highest BCUT2D eigenvalue weighted by molar-refractivity contribution is 8.00. The van der Waals surface area contributed by atoms with E-state index in [-0.39, 0.29) is 0 Å². The van der Waals surface area contributed by atoms with Gasteiger partial charge in [-0.1, -0.05) is 37.5 Å². The highest BCUT2D eigenvalue weighted by Crippen LogP contribution is 2.18. The summed E-state index contributed by atoms with van der Waals surface area (Å²) in [6.07, 6.45) is 6.22. The van der Waals surface area contributed by atoms with Crippen LogP contribution in [0.25, 0.3) is 0 Å². The van der Waals surface area contributed by atoms with E-state index in [4.69, 9.17) is 0 Å². The zero-order valence-corrected chi connectivity index (χ0v) is 11.6. The van der Waals surface area contributed by atoms with Gasteiger partial charge in [0.25, 0.3) is 0 Å². The van der Waals surface area contributed by atoms with Gasteiger partial charge in [0.05, 0.1) is 5.75 Å². The van der Waals surface area contributed by atoms with E-state index in [1.54, 1.807) is 11.8 Å². The third kappa shape index (κ3) is 4.37. The molecule has 0 aromatic heterocycles. The molecule has 0 atom stereocenters. The molecule has 1 saturated heterocycles. The van der Waals surface area contributed by atoms with Crippen LogP contribution in [-0.4, -0.2) is 29.6 Å². The molecular formula is C15H21NOS. The van der Waals surface area contributed by atoms with Crippen LogP contribution in [0.4, 0.5) is 0 Å². The van der Waals surface area contributed by atoms with Gasteiger partial charge in [0.15, 0.2) is 0 Å². The summed E-state index contributed by atoms with van der Waals surface area (Å²) in [5.74, 6) is 0.870. The summed E-state index contributed by atoms with van der Waals surface area (Å²) >= 11 is 1.64. The van der Waals surface area contributed by atoms with Crippen molar-refractivity contribution in [3.63, 3.8) is 0 Å². The van der Waals surface area contributed by atoms with Crippen LogP contribution >= 0.6 is 11.8 Å². The van der Waals surface area contributed by atoms with Crippen LogP contribution in [0, 0.1) is 0 Å². The zero-order chi connectivity index (χ0) is 12.6. The fourth-order valence-electron chi connectivity index (χ4n) is 2.25. The molecule has 1 amide bonds. The van der Waals surface area contributed by atoms with E-state index in [9.17, 15) is 4.79 Å². The Hall–Kier alpha value is -0.960. The first-order valence-electron chi connectivity index (χ1n) is 6.82. The number of likely N-dealkylation sites (tertiary alicyclic amines) is 1. The maximum absolute atomic E-state index is 12.1. The average Bonchev–Trinajstić information content (AvgIpc) is 2.37. The number of benzene rings is 1. The molecule has 2 nitrogen and oxygen atoms in total. The van der Waals surface area contributed by atoms with Gasteiger partial charge in [-0.3, -0.25) is 4.79 Å². The van der Waals surface area contributed by atoms with Gasteiger partial charge in [-0.25, -0.2) is 0 Å². The lowest BCUT2D eigenvalue weighted by molar-refractivity contribution is -0.128. The monoisotopic (exact) mass is 263 g/mol. The summed E-state index contributed by atoms with van der Waals surface area (Å²) in [6.45, 7) is 1.91. The molecule has 1 aliphatic heterocycles. The number of hydrogen-bond acceptors (Lipinski definition) is 2. The van der Waals surface area contributed by atoms with E-state index in [1.807, 2.05) is 18.2 Å². The molecule has 98 valence electrons. The Morgan fingerprint density at radius 1 is 1.00 bits per heavy atom. The van der Waals surface area contributed by atoms with Gasteiger partial charge in [0.2, 0.25) is 5.91 Å². The predicted molar refractivity (Wildman–Crippen MR) is 76.8 cm³/mol. The Labute approximate surface area is 114 Å². The van der Waals surface area contributed by atoms with Crippen LogP contribution in [0.5, 0.6) is 0 Å². The van der Waals surface area contributed by atoms with Gasteiger partial charge in [0, 0.05) is 18.0 Å². The number of amides is 1. The SMILES string of the molecule is O=C(CSc1ccccc1)N1CCCCCCC1. The smallest absolute Gasteiger partial charge is 0.232 e. The Bertz CT molecular complexity index is 358. The number of carbonyl (C=O) groups is 1. The van der Waals surface area contributed by atoms with Crippen LogP contribution in [0.15, 0.2) is 35.2 Å². The lowest BCUT2D eigenvalue weighted by Gasteiger charge is -2.24. The quantitative estimate of drug-likeness (QED) is 0.777. The highest BCUT2D eigenvalue weighted by atomic mass is 32.2. The number of hydrogen-bond donors (Lipinski definition) is 0. The van der Waals surface area contributed by atoms with Crippen molar-refractivity contribution < 1.29 is 4.79 Å². The van der Waals surface area contributed by atoms with E-state index in [2.05, 4.69) is 17.0 Å². The Balaban J connectivity index is 1.79. The van der Waals surface area contributed by atoms with Crippen LogP contribution < -0.4 is 0 Å². The lowest BCUT2D eigenvalue weighted by atomic mass is 10.1. The van der Waals surface area contributed by atoms with Crippen LogP contribution in [0.1, 0.15) is 32.1 Å². The summed E-state index contributed by atoms with van der Waals surface area (Å²) in [4.78, 5) is 15.4. The summed E-state index contributed by atoms with van der Waals surface area (Å²) in [7, 11) is 0. The zero-order valence-electron chi connectivity index (χ0n) is 10.8. The molecule has 18 heavy (non-hydrogen) atoms. The molecule has 0 saturated carbocycles. The third-order valence-corrected chi connectivity index (χ3v) is 4.31. The molecule has 1 fully saturated rings. The van der Waals surface area contributed by atoms with Gasteiger partial charge < -0.3 is 4.90 Å². The summed E-state index contributed by atoms with van der Waals surface area (Å²) in [5.41, 5.74) is 0. The molecule has 0 bridgehead atoms. The Morgan fingerprint density at radius 2 is 1.61 bits per heavy atom. The first-order chi connectivity index (χ1) is 8.86. The van der Waals surface area contributed by atoms with Gasteiger partial charge in [-0.05, 0) is 25.0 Å². The maximum atomic E-state index is 12.1. The summed E-state index contributed by atoms with van der Waals surface area (Å²) in [6, 6.07) is 10.2. The molecule has 1 aromatic carbocycles. The van der Waals surface area contributed by atoms with Gasteiger partial charge >= 0.3 is 0 Å². The second-order valence-electron chi connectivity index (χ2n) is 4.75. The summed E-state index contributed by atoms with van der Waals surface area (Å²) in [5, 5.41) is 0. The van der Waals surface area contributed by atoms with Crippen molar-refractivity contribution in [2.24, 2.45) is 0 Å². The fraction of sp³-hybridized carbons (Fsp3) is 0.533. The van der Waals surface area contributed by atoms with Crippen molar-refractivity contribution in [3.05, 3.63) is 30.3 Å². The van der Waals surface area contributed by atoms with Gasteiger partial charge in [-0.15, -0.1) is 11.8 Å².